The number of methoxy groups -OCH3 is 2. The Balaban J connectivity index is 1.08. The van der Waals surface area contributed by atoms with E-state index in [2.05, 4.69) is 46.2 Å². The number of aliphatic hydroxyl groups excluding tert-OH is 6. The predicted octanol–water partition coefficient (Wildman–Crippen LogP) is 1.45. The first-order valence-corrected chi connectivity index (χ1v) is 35.8. The average molecular weight is 1470 g/mol. The zero-order valence-electron chi connectivity index (χ0n) is 57.3. The Hall–Kier alpha value is -7.71. The van der Waals surface area contributed by atoms with Gasteiger partial charge in [-0.25, -0.2) is 5.26 Å². The number of fused-ring (bicyclic) bond motifs is 2. The highest BCUT2D eigenvalue weighted by molar-refractivity contribution is 7.90. The van der Waals surface area contributed by atoms with Crippen LogP contribution in [0.5, 0.6) is 17.2 Å². The van der Waals surface area contributed by atoms with Gasteiger partial charge >= 0.3 is 5.97 Å². The van der Waals surface area contributed by atoms with Gasteiger partial charge in [0.05, 0.1) is 50.3 Å². The number of aromatic hydroxyl groups is 1. The maximum atomic E-state index is 15.4. The van der Waals surface area contributed by atoms with Gasteiger partial charge in [-0.2, -0.15) is 0 Å². The molecule has 0 spiro atoms. The summed E-state index contributed by atoms with van der Waals surface area (Å²) in [6.07, 6.45) is -2.99. The first kappa shape index (κ1) is 80.0. The topological polar surface area (TPSA) is 449 Å². The van der Waals surface area contributed by atoms with E-state index >= 15 is 9.59 Å². The van der Waals surface area contributed by atoms with Crippen molar-refractivity contribution in [2.75, 3.05) is 60.2 Å². The molecule has 4 fully saturated rings. The lowest BCUT2D eigenvalue weighted by atomic mass is 9.98. The molecule has 0 radical (unpaired) electrons. The number of aromatic nitrogens is 2. The molecule has 3 aromatic carbocycles. The molecule has 7 amide bonds. The van der Waals surface area contributed by atoms with Gasteiger partial charge in [-0.05, 0) is 99.7 Å². The number of benzene rings is 3. The summed E-state index contributed by atoms with van der Waals surface area (Å²) in [5.41, 5.74) is 1.51. The third-order valence-corrected chi connectivity index (χ3v) is 20.0. The minimum absolute atomic E-state index is 0.0130. The molecule has 34 heteroatoms. The summed E-state index contributed by atoms with van der Waals surface area (Å²) in [4.78, 5) is 121. The van der Waals surface area contributed by atoms with E-state index in [-0.39, 0.29) is 48.7 Å². The summed E-state index contributed by atoms with van der Waals surface area (Å²) < 4.78 is 25.7. The molecular formula is C68H94N10O22S2. The number of carbonyl (C=O) groups is 8. The second kappa shape index (κ2) is 39.2. The lowest BCUT2D eigenvalue weighted by Crippen LogP contribution is -2.64. The molecule has 1 unspecified atom stereocenters. The Bertz CT molecular complexity index is 3430. The molecule has 4 saturated heterocycles. The molecule has 0 saturated carbocycles. The molecule has 4 aromatic rings. The highest BCUT2D eigenvalue weighted by Gasteiger charge is 2.50. The molecule has 8 rings (SSSR count). The van der Waals surface area contributed by atoms with E-state index < -0.39 is 170 Å². The highest BCUT2D eigenvalue weighted by atomic mass is 32.2. The van der Waals surface area contributed by atoms with E-state index in [0.717, 1.165) is 86.3 Å². The largest absolute Gasteiger partial charge is 0.504 e. The van der Waals surface area contributed by atoms with Gasteiger partial charge in [-0.3, -0.25) is 43.3 Å². The second-order valence-electron chi connectivity index (χ2n) is 26.1. The summed E-state index contributed by atoms with van der Waals surface area (Å²) in [6, 6.07) is 5.04. The van der Waals surface area contributed by atoms with Crippen molar-refractivity contribution in [3.8, 4) is 38.4 Å². The molecule has 13 N–H and O–H groups in total. The third-order valence-electron chi connectivity index (χ3n) is 18.6. The zero-order chi connectivity index (χ0) is 73.6. The number of aliphatic hydroxyl groups is 6. The van der Waals surface area contributed by atoms with Crippen molar-refractivity contribution in [2.24, 2.45) is 5.92 Å². The predicted molar refractivity (Wildman–Crippen MR) is 367 cm³/mol. The van der Waals surface area contributed by atoms with Crippen LogP contribution in [-0.4, -0.2) is 252 Å². The standard InChI is InChI=1S/C68H94N10O22S2/c1-38-36-78-57(58(38)85)63(90)69-35-44(80)33-47(70-59(86)41-17-19-42(20-18-41)64-74-75-65(101-64)43-21-23-46(24-22-43)97-30-14-10-6-9-13-29-95-3)60(87)71-54(39(2)79)66(91)77-37-45(81)34-49(77)61(88)72-55(52(84)31-40-16-25-50(82)53(32-40)98-102-100-99-94)62(89)73-56(67(78)92)51(83)26-28-76-27-12-8-5-7-11-15-48(76)68(93)96-4/h16-25,32,38-39,44-45,47-49,51-52,54-58,79-85,94H,5-15,26-31,33-37H2,1-4H3,(H,69,90)(H,70,86)(H,71,87)(H,72,88)(H,73,89)/t38-,39+,44+,45+,47+,48?,49+,51-,52-,54+,55+,56+,57+,58+/m1/s1. The lowest BCUT2D eigenvalue weighted by Gasteiger charge is -2.35. The summed E-state index contributed by atoms with van der Waals surface area (Å²) in [6.45, 7) is 2.71. The van der Waals surface area contributed by atoms with E-state index in [9.17, 15) is 64.5 Å². The highest BCUT2D eigenvalue weighted by Crippen LogP contribution is 2.34. The molecule has 5 heterocycles. The molecular weight excluding hydrogens is 1370 g/mol. The number of unbranched alkanes of at least 4 members (excludes halogenated alkanes) is 4. The average Bonchev–Trinajstić information content (AvgIpc) is 1.63. The van der Waals surface area contributed by atoms with Crippen LogP contribution >= 0.6 is 23.7 Å². The molecule has 4 aliphatic heterocycles. The number of nitrogens with one attached hydrogen (secondary N) is 5. The number of esters is 1. The number of nitrogens with zero attached hydrogens (tertiary/aromatic N) is 5. The monoisotopic (exact) mass is 1470 g/mol. The third kappa shape index (κ3) is 21.9. The number of phenolic OH excluding ortho intramolecular Hbond substituents is 1. The molecule has 1 aromatic heterocycles. The van der Waals surface area contributed by atoms with Crippen LogP contribution in [0.2, 0.25) is 0 Å². The second-order valence-corrected chi connectivity index (χ2v) is 27.6. The minimum Gasteiger partial charge on any atom is -0.504 e. The number of phenols is 1. The van der Waals surface area contributed by atoms with Crippen LogP contribution in [0.15, 0.2) is 66.7 Å². The molecule has 14 atom stereocenters. The van der Waals surface area contributed by atoms with Crippen LogP contribution in [0, 0.1) is 5.92 Å². The van der Waals surface area contributed by atoms with Crippen molar-refractivity contribution in [1.29, 1.82) is 0 Å². The van der Waals surface area contributed by atoms with Crippen LogP contribution < -0.4 is 35.5 Å². The van der Waals surface area contributed by atoms with Gasteiger partial charge in [-0.15, -0.1) is 10.2 Å². The van der Waals surface area contributed by atoms with Gasteiger partial charge in [0, 0.05) is 81.8 Å². The molecule has 4 aliphatic rings. The number of amides is 7. The Kier molecular flexibility index (Phi) is 30.8. The van der Waals surface area contributed by atoms with E-state index in [4.69, 9.17) is 23.7 Å². The maximum Gasteiger partial charge on any atom is 0.323 e. The van der Waals surface area contributed by atoms with E-state index in [1.54, 1.807) is 24.1 Å². The fourth-order valence-corrected chi connectivity index (χ4v) is 14.1. The van der Waals surface area contributed by atoms with Crippen molar-refractivity contribution in [1.82, 2.24) is 51.5 Å². The maximum absolute atomic E-state index is 15.4. The summed E-state index contributed by atoms with van der Waals surface area (Å²) in [5, 5.41) is 116. The van der Waals surface area contributed by atoms with Gasteiger partial charge in [0.1, 0.15) is 58.1 Å². The van der Waals surface area contributed by atoms with Gasteiger partial charge in [0.2, 0.25) is 35.4 Å². The number of hydrogen-bond donors (Lipinski definition) is 13. The van der Waals surface area contributed by atoms with Gasteiger partial charge in [0.15, 0.2) is 11.5 Å². The molecule has 0 bridgehead atoms. The first-order chi connectivity index (χ1) is 49.0. The van der Waals surface area contributed by atoms with Gasteiger partial charge in [0.25, 0.3) is 18.2 Å². The fourth-order valence-electron chi connectivity index (χ4n) is 13.0. The van der Waals surface area contributed by atoms with Crippen LogP contribution in [0.3, 0.4) is 0 Å². The van der Waals surface area contributed by atoms with Crippen LogP contribution in [0.4, 0.5) is 0 Å². The van der Waals surface area contributed by atoms with Crippen molar-refractivity contribution in [3.63, 3.8) is 0 Å². The fraction of sp³-hybridized carbons (Fsp3) is 0.588. The smallest absolute Gasteiger partial charge is 0.323 e. The molecule has 102 heavy (non-hydrogen) atoms. The summed E-state index contributed by atoms with van der Waals surface area (Å²) in [7, 11) is 2.95. The Morgan fingerprint density at radius 2 is 1.37 bits per heavy atom. The molecule has 32 nitrogen and oxygen atoms in total. The first-order valence-electron chi connectivity index (χ1n) is 34.3. The number of ether oxygens (including phenoxy) is 3. The van der Waals surface area contributed by atoms with Crippen molar-refractivity contribution < 1.29 is 107 Å². The molecule has 560 valence electrons. The minimum atomic E-state index is -2.16. The van der Waals surface area contributed by atoms with Crippen LogP contribution in [0.25, 0.3) is 21.1 Å². The number of β-amino-alcohol motifs (C(OH)–C–C–N with tert-alkyl or cyclic N) is 1. The summed E-state index contributed by atoms with van der Waals surface area (Å²) >= 11 is 1.37. The van der Waals surface area contributed by atoms with Crippen molar-refractivity contribution in [2.45, 2.75) is 189 Å². The van der Waals surface area contributed by atoms with E-state index in [0.29, 0.717) is 53.7 Å². The number of rotatable bonds is 26. The summed E-state index contributed by atoms with van der Waals surface area (Å²) in [5.74, 6) is -9.30. The van der Waals surface area contributed by atoms with Crippen LogP contribution in [0.1, 0.15) is 120 Å². The normalized spacial score (nSPS) is 25.5. The van der Waals surface area contributed by atoms with Crippen molar-refractivity contribution >= 4 is 71.0 Å². The Morgan fingerprint density at radius 1 is 0.725 bits per heavy atom. The lowest BCUT2D eigenvalue weighted by molar-refractivity contribution is -0.433. The molecule has 0 aliphatic carbocycles. The Morgan fingerprint density at radius 3 is 2.06 bits per heavy atom. The SMILES string of the molecule is COCCCCCCCOc1ccc(-c2nnc(-c3ccc(C(=O)N[C@H]4C[C@H](O)CNC(=O)[C@@H]5[C@@H](O)[C@H](C)CN5C(=O)[C@H]([C@H](O)CCN5CCCCCCCC5C(=O)OC)NC(=O)[C@H]([C@H](O)Cc5ccc(O)c(OSOOO)c5)NC(=O)[C@@H]5C[C@H](O)CN5C(=O)[C@H]([C@H](C)O)NC4=O)cc3)s2)cc1. The number of carbonyl (C=O) groups excluding carboxylic acids is 8. The van der Waals surface area contributed by atoms with Gasteiger partial charge < -0.3 is 90.5 Å². The quantitative estimate of drug-likeness (QED) is 0.0139. The van der Waals surface area contributed by atoms with Crippen molar-refractivity contribution in [3.05, 3.63) is 77.9 Å². The van der Waals surface area contributed by atoms with Crippen LogP contribution in [-0.2, 0) is 58.8 Å². The van der Waals surface area contributed by atoms with E-state index in [1.165, 1.54) is 49.6 Å². The van der Waals surface area contributed by atoms with Gasteiger partial charge in [-0.1, -0.05) is 90.8 Å². The Labute approximate surface area is 598 Å². The zero-order valence-corrected chi connectivity index (χ0v) is 59.0. The number of hydrogen-bond acceptors (Lipinski definition) is 27. The van der Waals surface area contributed by atoms with E-state index in [1.807, 2.05) is 24.3 Å².